The van der Waals surface area contributed by atoms with Crippen molar-refractivity contribution in [2.75, 3.05) is 13.2 Å². The van der Waals surface area contributed by atoms with Crippen LogP contribution >= 0.6 is 0 Å². The Bertz CT molecular complexity index is 1860. The van der Waals surface area contributed by atoms with E-state index in [1.807, 2.05) is 6.08 Å². The number of carbonyl (C=O) groups is 3. The zero-order valence-electron chi connectivity index (χ0n) is 52.0. The molecule has 0 aliphatic heterocycles. The first-order chi connectivity index (χ1) is 40.0. The van der Waals surface area contributed by atoms with Gasteiger partial charge in [0.1, 0.15) is 13.2 Å². The minimum absolute atomic E-state index is 0.114. The van der Waals surface area contributed by atoms with E-state index in [1.165, 1.54) is 83.5 Å². The van der Waals surface area contributed by atoms with E-state index >= 15 is 0 Å². The number of hydrogen-bond acceptors (Lipinski definition) is 6. The van der Waals surface area contributed by atoms with E-state index in [0.717, 1.165) is 135 Å². The summed E-state index contributed by atoms with van der Waals surface area (Å²) < 4.78 is 16.9. The van der Waals surface area contributed by atoms with E-state index in [4.69, 9.17) is 14.2 Å². The van der Waals surface area contributed by atoms with Crippen LogP contribution in [0.2, 0.25) is 0 Å². The number of unbranched alkanes of at least 4 members (excludes halogenated alkanes) is 18. The van der Waals surface area contributed by atoms with Crippen molar-refractivity contribution in [3.63, 3.8) is 0 Å². The van der Waals surface area contributed by atoms with Crippen molar-refractivity contribution in [3.05, 3.63) is 170 Å². The summed E-state index contributed by atoms with van der Waals surface area (Å²) in [6.07, 6.45) is 99.4. The molecule has 454 valence electrons. The monoisotopic (exact) mass is 1110 g/mol. The van der Waals surface area contributed by atoms with Crippen LogP contribution in [0.4, 0.5) is 0 Å². The topological polar surface area (TPSA) is 78.9 Å². The Hall–Kier alpha value is -5.23. The second-order valence-corrected chi connectivity index (χ2v) is 20.9. The van der Waals surface area contributed by atoms with Crippen LogP contribution in [0, 0.1) is 0 Å². The van der Waals surface area contributed by atoms with Crippen LogP contribution in [0.25, 0.3) is 0 Å². The van der Waals surface area contributed by atoms with Crippen molar-refractivity contribution in [1.82, 2.24) is 0 Å². The summed E-state index contributed by atoms with van der Waals surface area (Å²) in [6.45, 7) is 6.23. The van der Waals surface area contributed by atoms with Crippen molar-refractivity contribution in [2.24, 2.45) is 0 Å². The number of hydrogen-bond donors (Lipinski definition) is 0. The molecule has 0 rings (SSSR count). The van der Waals surface area contributed by atoms with Gasteiger partial charge in [-0.15, -0.1) is 0 Å². The highest BCUT2D eigenvalue weighted by Crippen LogP contribution is 2.15. The molecule has 6 heteroatoms. The van der Waals surface area contributed by atoms with Gasteiger partial charge in [-0.25, -0.2) is 0 Å². The zero-order chi connectivity index (χ0) is 58.5. The van der Waals surface area contributed by atoms with E-state index < -0.39 is 6.10 Å². The highest BCUT2D eigenvalue weighted by molar-refractivity contribution is 5.71. The van der Waals surface area contributed by atoms with Gasteiger partial charge in [0.2, 0.25) is 0 Å². The lowest BCUT2D eigenvalue weighted by molar-refractivity contribution is -0.166. The minimum atomic E-state index is -0.826. The van der Waals surface area contributed by atoms with Crippen LogP contribution in [-0.4, -0.2) is 37.2 Å². The largest absolute Gasteiger partial charge is 0.462 e. The molecule has 0 saturated carbocycles. The van der Waals surface area contributed by atoms with Crippen molar-refractivity contribution in [2.45, 2.75) is 271 Å². The van der Waals surface area contributed by atoms with Crippen molar-refractivity contribution < 1.29 is 28.6 Å². The van der Waals surface area contributed by atoms with Crippen LogP contribution in [0.3, 0.4) is 0 Å². The third-order valence-electron chi connectivity index (χ3n) is 13.2. The van der Waals surface area contributed by atoms with E-state index in [-0.39, 0.29) is 37.5 Å². The Morgan fingerprint density at radius 3 is 0.765 bits per heavy atom. The Morgan fingerprint density at radius 1 is 0.247 bits per heavy atom. The molecule has 0 aromatic rings. The summed E-state index contributed by atoms with van der Waals surface area (Å²) in [6, 6.07) is 0. The third kappa shape index (κ3) is 65.5. The molecular weight excluding hydrogens is 997 g/mol. The molecule has 0 bridgehead atoms. The van der Waals surface area contributed by atoms with Crippen molar-refractivity contribution in [3.8, 4) is 0 Å². The van der Waals surface area contributed by atoms with Crippen LogP contribution in [0.15, 0.2) is 170 Å². The maximum atomic E-state index is 12.9. The maximum Gasteiger partial charge on any atom is 0.306 e. The van der Waals surface area contributed by atoms with Gasteiger partial charge >= 0.3 is 17.9 Å². The van der Waals surface area contributed by atoms with Gasteiger partial charge < -0.3 is 14.2 Å². The molecule has 0 aromatic carbocycles. The SMILES string of the molecule is CC/C=C\C/C=C\C/C=C\C/C=C\C/C=C\C/C=C\CCC(=O)OCC(COC(=O)CCCCCCCCCCCC/C=C\C/C=C\C/C=C\C/C=C\CC)OC(=O)CCCCCCCCCC/C=C\C/C=C\C/C=C\C/C=C\CC. The summed E-state index contributed by atoms with van der Waals surface area (Å²) in [5, 5.41) is 0. The number of ether oxygens (including phenoxy) is 3. The van der Waals surface area contributed by atoms with E-state index in [0.29, 0.717) is 19.3 Å². The molecule has 0 aliphatic carbocycles. The molecule has 1 atom stereocenters. The first kappa shape index (κ1) is 75.8. The Kier molecular flexibility index (Phi) is 62.9. The van der Waals surface area contributed by atoms with E-state index in [9.17, 15) is 14.4 Å². The molecule has 0 spiro atoms. The normalized spacial score (nSPS) is 13.3. The Balaban J connectivity index is 4.52. The second-order valence-electron chi connectivity index (χ2n) is 20.9. The Morgan fingerprint density at radius 2 is 0.469 bits per heavy atom. The van der Waals surface area contributed by atoms with Crippen LogP contribution < -0.4 is 0 Å². The zero-order valence-corrected chi connectivity index (χ0v) is 52.0. The minimum Gasteiger partial charge on any atom is -0.462 e. The lowest BCUT2D eigenvalue weighted by Gasteiger charge is -2.18. The first-order valence-corrected chi connectivity index (χ1v) is 32.6. The standard InChI is InChI=1S/C75H118O6/c1-4-7-10-13-16-19-22-25-28-31-34-36-37-39-41-44-47-50-53-56-59-62-65-68-74(77)80-71-72(70-79-73(76)67-64-61-58-55-52-49-46-43-40-33-30-27-24-21-18-15-12-9-6-3)81-75(78)69-66-63-60-57-54-51-48-45-42-38-35-32-29-26-23-20-17-14-11-8-5-2/h7-12,16-21,25-30,34-36,38,40,43,49,52,58,61,72H,4-6,13-15,22-24,31-33,37,39,41-42,44-48,50-51,53-57,59-60,62-71H2,1-3H3/b10-7-,11-8-,12-9-,19-16-,20-17-,21-18-,28-25-,29-26-,30-27-,36-34-,38-35-,43-40-,52-49-,61-58-. The van der Waals surface area contributed by atoms with Crippen molar-refractivity contribution >= 4 is 17.9 Å². The predicted molar refractivity (Wildman–Crippen MR) is 352 cm³/mol. The summed E-state index contributed by atoms with van der Waals surface area (Å²) in [4.78, 5) is 38.4. The van der Waals surface area contributed by atoms with Crippen molar-refractivity contribution in [1.29, 1.82) is 0 Å². The molecule has 0 saturated heterocycles. The number of carbonyl (C=O) groups excluding carboxylic acids is 3. The fraction of sp³-hybridized carbons (Fsp3) is 0.587. The number of esters is 3. The molecule has 0 aromatic heterocycles. The predicted octanol–water partition coefficient (Wildman–Crippen LogP) is 22.7. The average molecular weight is 1120 g/mol. The summed E-state index contributed by atoms with van der Waals surface area (Å²) >= 11 is 0. The second kappa shape index (κ2) is 67.3. The highest BCUT2D eigenvalue weighted by Gasteiger charge is 2.19. The first-order valence-electron chi connectivity index (χ1n) is 32.6. The number of rotatable bonds is 57. The summed E-state index contributed by atoms with van der Waals surface area (Å²) in [5.41, 5.74) is 0. The van der Waals surface area contributed by atoms with Gasteiger partial charge in [-0.3, -0.25) is 14.4 Å². The molecule has 0 heterocycles. The van der Waals surface area contributed by atoms with Gasteiger partial charge in [-0.2, -0.15) is 0 Å². The van der Waals surface area contributed by atoms with E-state index in [1.54, 1.807) is 0 Å². The van der Waals surface area contributed by atoms with Gasteiger partial charge in [0.25, 0.3) is 0 Å². The molecule has 0 radical (unpaired) electrons. The van der Waals surface area contributed by atoms with Gasteiger partial charge in [-0.05, 0) is 135 Å². The number of allylic oxidation sites excluding steroid dienone is 28. The van der Waals surface area contributed by atoms with E-state index in [2.05, 4.69) is 185 Å². The molecule has 0 aliphatic rings. The lowest BCUT2D eigenvalue weighted by atomic mass is 10.1. The quantitative estimate of drug-likeness (QED) is 0.0261. The molecule has 1 unspecified atom stereocenters. The van der Waals surface area contributed by atoms with Gasteiger partial charge in [0, 0.05) is 19.3 Å². The molecule has 0 fully saturated rings. The summed E-state index contributed by atoms with van der Waals surface area (Å²) in [7, 11) is 0. The highest BCUT2D eigenvalue weighted by atomic mass is 16.6. The molecular formula is C75H118O6. The molecule has 0 N–H and O–H groups in total. The Labute approximate surface area is 498 Å². The molecule has 6 nitrogen and oxygen atoms in total. The fourth-order valence-corrected chi connectivity index (χ4v) is 8.45. The lowest BCUT2D eigenvalue weighted by Crippen LogP contribution is -2.30. The van der Waals surface area contributed by atoms with Crippen LogP contribution in [0.5, 0.6) is 0 Å². The molecule has 81 heavy (non-hydrogen) atoms. The fourth-order valence-electron chi connectivity index (χ4n) is 8.45. The van der Waals surface area contributed by atoms with Crippen LogP contribution in [0.1, 0.15) is 265 Å². The van der Waals surface area contributed by atoms with Crippen LogP contribution in [-0.2, 0) is 28.6 Å². The van der Waals surface area contributed by atoms with Gasteiger partial charge in [0.05, 0.1) is 0 Å². The third-order valence-corrected chi connectivity index (χ3v) is 13.2. The average Bonchev–Trinajstić information content (AvgIpc) is 3.47. The summed E-state index contributed by atoms with van der Waals surface area (Å²) in [5.74, 6) is -1.02. The van der Waals surface area contributed by atoms with Gasteiger partial charge in [0.15, 0.2) is 6.10 Å². The van der Waals surface area contributed by atoms with Gasteiger partial charge in [-0.1, -0.05) is 281 Å². The molecule has 0 amide bonds. The maximum absolute atomic E-state index is 12.9. The smallest absolute Gasteiger partial charge is 0.306 e.